The van der Waals surface area contributed by atoms with Gasteiger partial charge in [-0.1, -0.05) is 26.7 Å². The standard InChI is InChI=1S/C16H30N2O3/c1-4-17(11-10-15(19)20)16(21)18(12-9-13(2)3)14-7-5-6-8-14/h13-14H,4-12H2,1-3H3,(H,19,20). The second-order valence-corrected chi connectivity index (χ2v) is 6.32. The molecule has 0 aliphatic heterocycles. The molecule has 0 saturated heterocycles. The molecular weight excluding hydrogens is 268 g/mol. The summed E-state index contributed by atoms with van der Waals surface area (Å²) in [6, 6.07) is 0.362. The summed E-state index contributed by atoms with van der Waals surface area (Å²) in [6.07, 6.45) is 5.57. The molecule has 1 fully saturated rings. The van der Waals surface area contributed by atoms with Crippen molar-refractivity contribution in [3.8, 4) is 0 Å². The molecule has 0 heterocycles. The zero-order valence-electron chi connectivity index (χ0n) is 13.7. The van der Waals surface area contributed by atoms with Gasteiger partial charge in [0.1, 0.15) is 0 Å². The van der Waals surface area contributed by atoms with Gasteiger partial charge in [-0.25, -0.2) is 4.79 Å². The fourth-order valence-electron chi connectivity index (χ4n) is 2.85. The Labute approximate surface area is 128 Å². The number of nitrogens with zero attached hydrogens (tertiary/aromatic N) is 2. The third kappa shape index (κ3) is 5.94. The summed E-state index contributed by atoms with van der Waals surface area (Å²) < 4.78 is 0. The van der Waals surface area contributed by atoms with Gasteiger partial charge in [0, 0.05) is 25.7 Å². The second kappa shape index (κ2) is 8.90. The summed E-state index contributed by atoms with van der Waals surface area (Å²) in [5.41, 5.74) is 0. The van der Waals surface area contributed by atoms with Crippen LogP contribution in [-0.4, -0.2) is 52.6 Å². The zero-order chi connectivity index (χ0) is 15.8. The molecule has 0 aromatic carbocycles. The van der Waals surface area contributed by atoms with Crippen LogP contribution in [0, 0.1) is 5.92 Å². The van der Waals surface area contributed by atoms with E-state index < -0.39 is 5.97 Å². The minimum absolute atomic E-state index is 0.0161. The van der Waals surface area contributed by atoms with Crippen LogP contribution in [0.15, 0.2) is 0 Å². The highest BCUT2D eigenvalue weighted by Crippen LogP contribution is 2.25. The molecule has 0 spiro atoms. The molecule has 2 amide bonds. The zero-order valence-corrected chi connectivity index (χ0v) is 13.7. The van der Waals surface area contributed by atoms with E-state index in [2.05, 4.69) is 13.8 Å². The van der Waals surface area contributed by atoms with Crippen molar-refractivity contribution in [2.45, 2.75) is 65.3 Å². The van der Waals surface area contributed by atoms with Crippen molar-refractivity contribution < 1.29 is 14.7 Å². The van der Waals surface area contributed by atoms with Crippen LogP contribution in [0.2, 0.25) is 0 Å². The van der Waals surface area contributed by atoms with Crippen LogP contribution in [0.5, 0.6) is 0 Å². The lowest BCUT2D eigenvalue weighted by atomic mass is 10.1. The number of aliphatic carboxylic acids is 1. The van der Waals surface area contributed by atoms with Crippen LogP contribution in [0.3, 0.4) is 0 Å². The highest BCUT2D eigenvalue weighted by atomic mass is 16.4. The van der Waals surface area contributed by atoms with E-state index in [1.807, 2.05) is 11.8 Å². The molecule has 0 unspecified atom stereocenters. The number of carboxylic acid groups (broad SMARTS) is 1. The molecular formula is C16H30N2O3. The number of carboxylic acids is 1. The minimum atomic E-state index is -0.851. The maximum Gasteiger partial charge on any atom is 0.320 e. The van der Waals surface area contributed by atoms with Gasteiger partial charge in [0.25, 0.3) is 0 Å². The summed E-state index contributed by atoms with van der Waals surface area (Å²) in [7, 11) is 0. The average Bonchev–Trinajstić information content (AvgIpc) is 2.93. The Balaban J connectivity index is 2.68. The molecule has 1 saturated carbocycles. The first-order valence-electron chi connectivity index (χ1n) is 8.23. The Morgan fingerprint density at radius 3 is 2.29 bits per heavy atom. The Kier molecular flexibility index (Phi) is 7.54. The molecule has 5 heteroatoms. The number of hydrogen-bond donors (Lipinski definition) is 1. The first kappa shape index (κ1) is 17.8. The number of carbonyl (C=O) groups excluding carboxylic acids is 1. The van der Waals surface area contributed by atoms with E-state index in [4.69, 9.17) is 5.11 Å². The Bertz CT molecular complexity index is 338. The molecule has 1 rings (SSSR count). The third-order valence-electron chi connectivity index (χ3n) is 4.21. The van der Waals surface area contributed by atoms with Crippen molar-refractivity contribution in [2.75, 3.05) is 19.6 Å². The summed E-state index contributed by atoms with van der Waals surface area (Å²) in [4.78, 5) is 27.1. The monoisotopic (exact) mass is 298 g/mol. The molecule has 0 radical (unpaired) electrons. The van der Waals surface area contributed by atoms with Gasteiger partial charge >= 0.3 is 12.0 Å². The van der Waals surface area contributed by atoms with E-state index in [-0.39, 0.29) is 12.5 Å². The van der Waals surface area contributed by atoms with Gasteiger partial charge in [-0.15, -0.1) is 0 Å². The van der Waals surface area contributed by atoms with E-state index in [1.54, 1.807) is 4.90 Å². The average molecular weight is 298 g/mol. The van der Waals surface area contributed by atoms with Crippen LogP contribution in [0.1, 0.15) is 59.3 Å². The lowest BCUT2D eigenvalue weighted by Crippen LogP contribution is -2.48. The molecule has 0 aromatic rings. The summed E-state index contributed by atoms with van der Waals surface area (Å²) in [5.74, 6) is -0.286. The molecule has 0 aromatic heterocycles. The van der Waals surface area contributed by atoms with Gasteiger partial charge in [-0.05, 0) is 32.1 Å². The highest BCUT2D eigenvalue weighted by Gasteiger charge is 2.29. The Morgan fingerprint density at radius 1 is 1.19 bits per heavy atom. The van der Waals surface area contributed by atoms with Crippen LogP contribution < -0.4 is 0 Å². The minimum Gasteiger partial charge on any atom is -0.481 e. The van der Waals surface area contributed by atoms with Crippen molar-refractivity contribution in [2.24, 2.45) is 5.92 Å². The molecule has 1 aliphatic rings. The van der Waals surface area contributed by atoms with Crippen molar-refractivity contribution in [1.29, 1.82) is 0 Å². The highest BCUT2D eigenvalue weighted by molar-refractivity contribution is 5.76. The molecule has 1 aliphatic carbocycles. The lowest BCUT2D eigenvalue weighted by molar-refractivity contribution is -0.137. The van der Waals surface area contributed by atoms with E-state index in [0.29, 0.717) is 25.0 Å². The second-order valence-electron chi connectivity index (χ2n) is 6.32. The van der Waals surface area contributed by atoms with E-state index in [1.165, 1.54) is 12.8 Å². The summed E-state index contributed by atoms with van der Waals surface area (Å²) in [5, 5.41) is 8.81. The van der Waals surface area contributed by atoms with E-state index >= 15 is 0 Å². The van der Waals surface area contributed by atoms with Crippen LogP contribution in [0.25, 0.3) is 0 Å². The smallest absolute Gasteiger partial charge is 0.320 e. The Hall–Kier alpha value is -1.26. The van der Waals surface area contributed by atoms with Crippen molar-refractivity contribution in [3.05, 3.63) is 0 Å². The largest absolute Gasteiger partial charge is 0.481 e. The third-order valence-corrected chi connectivity index (χ3v) is 4.21. The maximum atomic E-state index is 12.7. The van der Waals surface area contributed by atoms with E-state index in [0.717, 1.165) is 25.8 Å². The molecule has 5 nitrogen and oxygen atoms in total. The molecule has 21 heavy (non-hydrogen) atoms. The van der Waals surface area contributed by atoms with Crippen molar-refractivity contribution in [3.63, 3.8) is 0 Å². The van der Waals surface area contributed by atoms with Gasteiger partial charge in [0.2, 0.25) is 0 Å². The molecule has 0 atom stereocenters. The van der Waals surface area contributed by atoms with Crippen LogP contribution in [-0.2, 0) is 4.79 Å². The SMILES string of the molecule is CCN(CCC(=O)O)C(=O)N(CCC(C)C)C1CCCC1. The summed E-state index contributed by atoms with van der Waals surface area (Å²) >= 11 is 0. The molecule has 122 valence electrons. The van der Waals surface area contributed by atoms with Crippen molar-refractivity contribution >= 4 is 12.0 Å². The number of amides is 2. The van der Waals surface area contributed by atoms with Crippen LogP contribution in [0.4, 0.5) is 4.79 Å². The predicted octanol–water partition coefficient (Wildman–Crippen LogP) is 3.19. The predicted molar refractivity (Wildman–Crippen MR) is 83.3 cm³/mol. The Morgan fingerprint density at radius 2 is 1.81 bits per heavy atom. The van der Waals surface area contributed by atoms with E-state index in [9.17, 15) is 9.59 Å². The van der Waals surface area contributed by atoms with Gasteiger partial charge in [0.05, 0.1) is 6.42 Å². The quantitative estimate of drug-likeness (QED) is 0.748. The number of carbonyl (C=O) groups is 2. The van der Waals surface area contributed by atoms with Crippen LogP contribution >= 0.6 is 0 Å². The number of rotatable bonds is 8. The first-order valence-corrected chi connectivity index (χ1v) is 8.23. The van der Waals surface area contributed by atoms with Crippen molar-refractivity contribution in [1.82, 2.24) is 9.80 Å². The lowest BCUT2D eigenvalue weighted by Gasteiger charge is -2.34. The van der Waals surface area contributed by atoms with Gasteiger partial charge < -0.3 is 14.9 Å². The molecule has 1 N–H and O–H groups in total. The fourth-order valence-corrected chi connectivity index (χ4v) is 2.85. The van der Waals surface area contributed by atoms with Gasteiger partial charge in [0.15, 0.2) is 0 Å². The van der Waals surface area contributed by atoms with Gasteiger partial charge in [-0.2, -0.15) is 0 Å². The number of urea groups is 1. The molecule has 0 bridgehead atoms. The summed E-state index contributed by atoms with van der Waals surface area (Å²) in [6.45, 7) is 7.89. The first-order chi connectivity index (χ1) is 9.95. The fraction of sp³-hybridized carbons (Fsp3) is 0.875. The maximum absolute atomic E-state index is 12.7. The topological polar surface area (TPSA) is 60.9 Å². The van der Waals surface area contributed by atoms with Gasteiger partial charge in [-0.3, -0.25) is 4.79 Å². The normalized spacial score (nSPS) is 15.4. The number of hydrogen-bond acceptors (Lipinski definition) is 2.